The number of ether oxygens (including phenoxy) is 1. The Balaban J connectivity index is 2.32. The van der Waals surface area contributed by atoms with Crippen LogP contribution >= 0.6 is 0 Å². The van der Waals surface area contributed by atoms with Crippen molar-refractivity contribution in [3.05, 3.63) is 5.82 Å². The maximum absolute atomic E-state index is 8.99. The van der Waals surface area contributed by atoms with Gasteiger partial charge < -0.3 is 26.4 Å². The molecule has 0 aromatic carbocycles. The first-order valence-electron chi connectivity index (χ1n) is 4.74. The standard InChI is InChI=1S/C8H15N5O3/c9-7-11-6(12-8(10)13-7)1-2-16-4-5(15)3-14/h5,14-15H,1-4H2,(H4,9,10,11,12,13). The minimum Gasteiger partial charge on any atom is -0.394 e. The lowest BCUT2D eigenvalue weighted by atomic mass is 10.4. The Morgan fingerprint density at radius 1 is 1.19 bits per heavy atom. The first-order valence-corrected chi connectivity index (χ1v) is 4.74. The van der Waals surface area contributed by atoms with Crippen molar-refractivity contribution in [1.29, 1.82) is 0 Å². The van der Waals surface area contributed by atoms with Crippen LogP contribution in [0.5, 0.6) is 0 Å². The summed E-state index contributed by atoms with van der Waals surface area (Å²) < 4.78 is 5.08. The number of nitrogens with zero attached hydrogens (tertiary/aromatic N) is 3. The van der Waals surface area contributed by atoms with Crippen LogP contribution in [0.1, 0.15) is 5.82 Å². The molecule has 0 aliphatic carbocycles. The fourth-order valence-electron chi connectivity index (χ4n) is 1.00. The predicted octanol–water partition coefficient (Wildman–Crippen LogP) is -2.05. The molecule has 1 aromatic rings. The molecule has 16 heavy (non-hydrogen) atoms. The number of rotatable bonds is 6. The molecule has 0 bridgehead atoms. The van der Waals surface area contributed by atoms with Gasteiger partial charge in [0.2, 0.25) is 11.9 Å². The van der Waals surface area contributed by atoms with Crippen LogP contribution in [-0.4, -0.2) is 51.1 Å². The van der Waals surface area contributed by atoms with E-state index < -0.39 is 6.10 Å². The van der Waals surface area contributed by atoms with Crippen LogP contribution in [0, 0.1) is 0 Å². The molecule has 8 nitrogen and oxygen atoms in total. The number of anilines is 2. The van der Waals surface area contributed by atoms with Gasteiger partial charge in [-0.3, -0.25) is 0 Å². The summed E-state index contributed by atoms with van der Waals surface area (Å²) in [6.45, 7) is 0.0398. The summed E-state index contributed by atoms with van der Waals surface area (Å²) in [7, 11) is 0. The van der Waals surface area contributed by atoms with Gasteiger partial charge in [-0.05, 0) is 0 Å². The van der Waals surface area contributed by atoms with E-state index in [1.807, 2.05) is 0 Å². The first-order chi connectivity index (χ1) is 7.61. The average molecular weight is 229 g/mol. The lowest BCUT2D eigenvalue weighted by Gasteiger charge is -2.07. The number of aromatic nitrogens is 3. The van der Waals surface area contributed by atoms with Gasteiger partial charge in [0.15, 0.2) is 0 Å². The fourth-order valence-corrected chi connectivity index (χ4v) is 1.00. The highest BCUT2D eigenvalue weighted by molar-refractivity contribution is 5.25. The molecule has 1 heterocycles. The lowest BCUT2D eigenvalue weighted by Crippen LogP contribution is -2.20. The van der Waals surface area contributed by atoms with Gasteiger partial charge in [-0.25, -0.2) is 0 Å². The van der Waals surface area contributed by atoms with Gasteiger partial charge in [-0.2, -0.15) is 15.0 Å². The largest absolute Gasteiger partial charge is 0.394 e. The molecular formula is C8H15N5O3. The number of nitrogens with two attached hydrogens (primary N) is 2. The Morgan fingerprint density at radius 2 is 1.81 bits per heavy atom. The Labute approximate surface area is 92.3 Å². The fraction of sp³-hybridized carbons (Fsp3) is 0.625. The molecule has 0 saturated carbocycles. The molecule has 90 valence electrons. The molecule has 0 aliphatic rings. The van der Waals surface area contributed by atoms with Crippen molar-refractivity contribution in [2.24, 2.45) is 0 Å². The van der Waals surface area contributed by atoms with Crippen molar-refractivity contribution >= 4 is 11.9 Å². The number of hydrogen-bond donors (Lipinski definition) is 4. The number of hydrogen-bond acceptors (Lipinski definition) is 8. The third-order valence-electron chi connectivity index (χ3n) is 1.71. The van der Waals surface area contributed by atoms with Crippen molar-refractivity contribution in [3.8, 4) is 0 Å². The van der Waals surface area contributed by atoms with E-state index in [4.69, 9.17) is 26.4 Å². The van der Waals surface area contributed by atoms with E-state index >= 15 is 0 Å². The normalized spacial score (nSPS) is 12.6. The molecule has 0 saturated heterocycles. The van der Waals surface area contributed by atoms with Gasteiger partial charge >= 0.3 is 0 Å². The van der Waals surface area contributed by atoms with E-state index in [-0.39, 0.29) is 25.1 Å². The van der Waals surface area contributed by atoms with E-state index in [1.54, 1.807) is 0 Å². The molecule has 1 rings (SSSR count). The zero-order valence-corrected chi connectivity index (χ0v) is 8.70. The van der Waals surface area contributed by atoms with Crippen LogP contribution in [0.25, 0.3) is 0 Å². The van der Waals surface area contributed by atoms with Crippen LogP contribution in [0.2, 0.25) is 0 Å². The Hall–Kier alpha value is -1.51. The van der Waals surface area contributed by atoms with Crippen molar-refractivity contribution in [1.82, 2.24) is 15.0 Å². The first kappa shape index (κ1) is 12.6. The van der Waals surface area contributed by atoms with Crippen LogP contribution in [0.15, 0.2) is 0 Å². The van der Waals surface area contributed by atoms with Gasteiger partial charge in [-0.1, -0.05) is 0 Å². The second-order valence-corrected chi connectivity index (χ2v) is 3.13. The van der Waals surface area contributed by atoms with Crippen molar-refractivity contribution in [2.45, 2.75) is 12.5 Å². The summed E-state index contributed by atoms with van der Waals surface area (Å²) in [4.78, 5) is 11.3. The quantitative estimate of drug-likeness (QED) is 0.408. The van der Waals surface area contributed by atoms with Crippen LogP contribution < -0.4 is 11.5 Å². The maximum Gasteiger partial charge on any atom is 0.225 e. The summed E-state index contributed by atoms with van der Waals surface area (Å²) in [5.41, 5.74) is 10.8. The molecule has 0 spiro atoms. The van der Waals surface area contributed by atoms with Crippen molar-refractivity contribution < 1.29 is 14.9 Å². The summed E-state index contributed by atoms with van der Waals surface area (Å²) in [5, 5.41) is 17.5. The highest BCUT2D eigenvalue weighted by Crippen LogP contribution is 1.99. The third-order valence-corrected chi connectivity index (χ3v) is 1.71. The monoisotopic (exact) mass is 229 g/mol. The number of aliphatic hydroxyl groups excluding tert-OH is 2. The molecule has 1 unspecified atom stereocenters. The van der Waals surface area contributed by atoms with Crippen molar-refractivity contribution in [3.63, 3.8) is 0 Å². The summed E-state index contributed by atoms with van der Waals surface area (Å²) in [6.07, 6.45) is -0.455. The highest BCUT2D eigenvalue weighted by atomic mass is 16.5. The summed E-state index contributed by atoms with van der Waals surface area (Å²) in [5.74, 6) is 0.569. The van der Waals surface area contributed by atoms with E-state index in [1.165, 1.54) is 0 Å². The second kappa shape index (κ2) is 6.16. The molecule has 0 fully saturated rings. The summed E-state index contributed by atoms with van der Waals surface area (Å²) in [6, 6.07) is 0. The van der Waals surface area contributed by atoms with E-state index in [9.17, 15) is 0 Å². The molecule has 0 aliphatic heterocycles. The minimum absolute atomic E-state index is 0.0621. The minimum atomic E-state index is -0.867. The Kier molecular flexibility index (Phi) is 4.83. The number of aliphatic hydroxyl groups is 2. The molecule has 6 N–H and O–H groups in total. The third kappa shape index (κ3) is 4.34. The maximum atomic E-state index is 8.99. The van der Waals surface area contributed by atoms with Crippen LogP contribution in [0.3, 0.4) is 0 Å². The van der Waals surface area contributed by atoms with Gasteiger partial charge in [0.1, 0.15) is 11.9 Å². The molecule has 1 atom stereocenters. The van der Waals surface area contributed by atoms with Crippen molar-refractivity contribution in [2.75, 3.05) is 31.3 Å². The molecule has 0 amide bonds. The Bertz CT molecular complexity index is 315. The predicted molar refractivity (Wildman–Crippen MR) is 56.3 cm³/mol. The van der Waals surface area contributed by atoms with Gasteiger partial charge in [-0.15, -0.1) is 0 Å². The topological polar surface area (TPSA) is 140 Å². The molecular weight excluding hydrogens is 214 g/mol. The average Bonchev–Trinajstić information content (AvgIpc) is 2.22. The Morgan fingerprint density at radius 3 is 2.38 bits per heavy atom. The van der Waals surface area contributed by atoms with Crippen LogP contribution in [-0.2, 0) is 11.2 Å². The van der Waals surface area contributed by atoms with Gasteiger partial charge in [0.05, 0.1) is 19.8 Å². The lowest BCUT2D eigenvalue weighted by molar-refractivity contribution is 0.00691. The molecule has 1 aromatic heterocycles. The van der Waals surface area contributed by atoms with E-state index in [2.05, 4.69) is 15.0 Å². The SMILES string of the molecule is Nc1nc(N)nc(CCOCC(O)CO)n1. The highest BCUT2D eigenvalue weighted by Gasteiger charge is 2.04. The smallest absolute Gasteiger partial charge is 0.225 e. The van der Waals surface area contributed by atoms with E-state index in [0.717, 1.165) is 0 Å². The molecule has 8 heteroatoms. The zero-order chi connectivity index (χ0) is 12.0. The van der Waals surface area contributed by atoms with E-state index in [0.29, 0.717) is 18.9 Å². The molecule has 0 radical (unpaired) electrons. The zero-order valence-electron chi connectivity index (χ0n) is 8.70. The van der Waals surface area contributed by atoms with Crippen LogP contribution in [0.4, 0.5) is 11.9 Å². The summed E-state index contributed by atoms with van der Waals surface area (Å²) >= 11 is 0. The van der Waals surface area contributed by atoms with Gasteiger partial charge in [0.25, 0.3) is 0 Å². The number of nitrogen functional groups attached to an aromatic ring is 2. The second-order valence-electron chi connectivity index (χ2n) is 3.13. The van der Waals surface area contributed by atoms with Gasteiger partial charge in [0, 0.05) is 6.42 Å².